The Morgan fingerprint density at radius 2 is 1.59 bits per heavy atom. The maximum atomic E-state index is 12.3. The second kappa shape index (κ2) is 8.71. The van der Waals surface area contributed by atoms with Crippen LogP contribution in [0, 0.1) is 0 Å². The van der Waals surface area contributed by atoms with Gasteiger partial charge in [-0.05, 0) is 62.6 Å². The SMILES string of the molecule is CC(C)c1ccccc1NC(=O)CNc1ccc(C(=O)NC(C)(C)C)cc1. The first-order chi connectivity index (χ1) is 12.7. The first-order valence-corrected chi connectivity index (χ1v) is 9.21. The van der Waals surface area contributed by atoms with Crippen LogP contribution in [0.2, 0.25) is 0 Å². The lowest BCUT2D eigenvalue weighted by Crippen LogP contribution is -2.40. The van der Waals surface area contributed by atoms with Gasteiger partial charge in [0, 0.05) is 22.5 Å². The molecule has 0 bridgehead atoms. The highest BCUT2D eigenvalue weighted by Gasteiger charge is 2.15. The minimum atomic E-state index is -0.279. The molecule has 27 heavy (non-hydrogen) atoms. The quantitative estimate of drug-likeness (QED) is 0.709. The molecule has 0 heterocycles. The van der Waals surface area contributed by atoms with Crippen LogP contribution in [0.5, 0.6) is 0 Å². The molecule has 2 amide bonds. The Balaban J connectivity index is 1.91. The van der Waals surface area contributed by atoms with Gasteiger partial charge in [-0.2, -0.15) is 0 Å². The van der Waals surface area contributed by atoms with Gasteiger partial charge in [-0.3, -0.25) is 9.59 Å². The Morgan fingerprint density at radius 3 is 2.19 bits per heavy atom. The molecular weight excluding hydrogens is 338 g/mol. The van der Waals surface area contributed by atoms with Gasteiger partial charge in [0.25, 0.3) is 5.91 Å². The number of carbonyl (C=O) groups excluding carboxylic acids is 2. The molecular formula is C22H29N3O2. The lowest BCUT2D eigenvalue weighted by atomic mass is 10.0. The second-order valence-corrected chi connectivity index (χ2v) is 7.93. The zero-order chi connectivity index (χ0) is 20.0. The normalized spacial score (nSPS) is 11.2. The molecule has 2 aromatic carbocycles. The fourth-order valence-electron chi connectivity index (χ4n) is 2.64. The molecule has 0 fully saturated rings. The molecule has 0 aliphatic rings. The minimum Gasteiger partial charge on any atom is -0.376 e. The molecule has 0 aliphatic carbocycles. The van der Waals surface area contributed by atoms with E-state index in [1.165, 1.54) is 0 Å². The fourth-order valence-corrected chi connectivity index (χ4v) is 2.64. The third kappa shape index (κ3) is 6.44. The first kappa shape index (κ1) is 20.5. The number of benzene rings is 2. The zero-order valence-electron chi connectivity index (χ0n) is 16.7. The maximum absolute atomic E-state index is 12.3. The summed E-state index contributed by atoms with van der Waals surface area (Å²) in [4.78, 5) is 24.4. The lowest BCUT2D eigenvalue weighted by molar-refractivity contribution is -0.114. The van der Waals surface area contributed by atoms with Gasteiger partial charge in [0.05, 0.1) is 6.54 Å². The first-order valence-electron chi connectivity index (χ1n) is 9.21. The number of amides is 2. The van der Waals surface area contributed by atoms with Crippen molar-refractivity contribution in [1.29, 1.82) is 0 Å². The summed E-state index contributed by atoms with van der Waals surface area (Å²) in [5.74, 6) is 0.107. The van der Waals surface area contributed by atoms with Crippen molar-refractivity contribution in [2.75, 3.05) is 17.2 Å². The van der Waals surface area contributed by atoms with Crippen molar-refractivity contribution in [3.63, 3.8) is 0 Å². The summed E-state index contributed by atoms with van der Waals surface area (Å²) in [5.41, 5.74) is 3.05. The van der Waals surface area contributed by atoms with E-state index in [4.69, 9.17) is 0 Å². The van der Waals surface area contributed by atoms with E-state index in [0.29, 0.717) is 11.5 Å². The Labute approximate surface area is 161 Å². The van der Waals surface area contributed by atoms with Gasteiger partial charge in [-0.25, -0.2) is 0 Å². The van der Waals surface area contributed by atoms with Gasteiger partial charge >= 0.3 is 0 Å². The van der Waals surface area contributed by atoms with E-state index in [0.717, 1.165) is 16.9 Å². The van der Waals surface area contributed by atoms with Crippen LogP contribution in [0.15, 0.2) is 48.5 Å². The van der Waals surface area contributed by atoms with Crippen LogP contribution in [0.3, 0.4) is 0 Å². The van der Waals surface area contributed by atoms with Gasteiger partial charge in [-0.15, -0.1) is 0 Å². The molecule has 0 aromatic heterocycles. The number of hydrogen-bond acceptors (Lipinski definition) is 3. The molecule has 0 aliphatic heterocycles. The van der Waals surface area contributed by atoms with Crippen molar-refractivity contribution in [2.45, 2.75) is 46.1 Å². The van der Waals surface area contributed by atoms with E-state index < -0.39 is 0 Å². The maximum Gasteiger partial charge on any atom is 0.251 e. The average Bonchev–Trinajstić information content (AvgIpc) is 2.59. The van der Waals surface area contributed by atoms with Crippen LogP contribution >= 0.6 is 0 Å². The highest BCUT2D eigenvalue weighted by Crippen LogP contribution is 2.23. The second-order valence-electron chi connectivity index (χ2n) is 7.93. The zero-order valence-corrected chi connectivity index (χ0v) is 16.7. The summed E-state index contributed by atoms with van der Waals surface area (Å²) in [7, 11) is 0. The van der Waals surface area contributed by atoms with Gasteiger partial charge in [0.2, 0.25) is 5.91 Å². The number of rotatable bonds is 6. The van der Waals surface area contributed by atoms with Crippen molar-refractivity contribution in [3.05, 3.63) is 59.7 Å². The van der Waals surface area contributed by atoms with Gasteiger partial charge in [0.1, 0.15) is 0 Å². The number of nitrogens with one attached hydrogen (secondary N) is 3. The number of carbonyl (C=O) groups is 2. The molecule has 0 saturated heterocycles. The molecule has 2 rings (SSSR count). The van der Waals surface area contributed by atoms with Crippen LogP contribution in [-0.4, -0.2) is 23.9 Å². The Hall–Kier alpha value is -2.82. The van der Waals surface area contributed by atoms with E-state index >= 15 is 0 Å². The van der Waals surface area contributed by atoms with Crippen molar-refractivity contribution >= 4 is 23.2 Å². The van der Waals surface area contributed by atoms with E-state index in [2.05, 4.69) is 29.8 Å². The molecule has 2 aromatic rings. The number of para-hydroxylation sites is 1. The van der Waals surface area contributed by atoms with Crippen LogP contribution in [0.4, 0.5) is 11.4 Å². The van der Waals surface area contributed by atoms with E-state index in [1.54, 1.807) is 24.3 Å². The third-order valence-electron chi connectivity index (χ3n) is 3.95. The van der Waals surface area contributed by atoms with Crippen LogP contribution in [0.1, 0.15) is 56.5 Å². The van der Waals surface area contributed by atoms with Gasteiger partial charge in [-0.1, -0.05) is 32.0 Å². The molecule has 0 atom stereocenters. The topological polar surface area (TPSA) is 70.2 Å². The summed E-state index contributed by atoms with van der Waals surface area (Å²) in [6.45, 7) is 10.2. The Bertz CT molecular complexity index is 790. The van der Waals surface area contributed by atoms with Crippen LogP contribution in [0.25, 0.3) is 0 Å². The molecule has 3 N–H and O–H groups in total. The molecule has 0 saturated carbocycles. The van der Waals surface area contributed by atoms with Gasteiger partial charge < -0.3 is 16.0 Å². The molecule has 5 nitrogen and oxygen atoms in total. The number of anilines is 2. The van der Waals surface area contributed by atoms with Gasteiger partial charge in [0.15, 0.2) is 0 Å². The Kier molecular flexibility index (Phi) is 6.61. The highest BCUT2D eigenvalue weighted by atomic mass is 16.2. The molecule has 0 radical (unpaired) electrons. The van der Waals surface area contributed by atoms with Crippen molar-refractivity contribution in [2.24, 2.45) is 0 Å². The summed E-state index contributed by atoms with van der Waals surface area (Å²) >= 11 is 0. The monoisotopic (exact) mass is 367 g/mol. The molecule has 5 heteroatoms. The van der Waals surface area contributed by atoms with Crippen molar-refractivity contribution in [1.82, 2.24) is 5.32 Å². The van der Waals surface area contributed by atoms with E-state index in [1.807, 2.05) is 45.0 Å². The minimum absolute atomic E-state index is 0.113. The molecule has 0 unspecified atom stereocenters. The molecule has 0 spiro atoms. The average molecular weight is 367 g/mol. The van der Waals surface area contributed by atoms with Crippen LogP contribution in [-0.2, 0) is 4.79 Å². The van der Waals surface area contributed by atoms with Crippen LogP contribution < -0.4 is 16.0 Å². The predicted molar refractivity (Wildman–Crippen MR) is 111 cm³/mol. The number of hydrogen-bond donors (Lipinski definition) is 3. The summed E-state index contributed by atoms with van der Waals surface area (Å²) < 4.78 is 0. The molecule has 144 valence electrons. The van der Waals surface area contributed by atoms with Crippen molar-refractivity contribution < 1.29 is 9.59 Å². The smallest absolute Gasteiger partial charge is 0.251 e. The fraction of sp³-hybridized carbons (Fsp3) is 0.364. The van der Waals surface area contributed by atoms with Crippen molar-refractivity contribution in [3.8, 4) is 0 Å². The predicted octanol–water partition coefficient (Wildman–Crippen LogP) is 4.39. The van der Waals surface area contributed by atoms with E-state index in [9.17, 15) is 9.59 Å². The largest absolute Gasteiger partial charge is 0.376 e. The summed E-state index contributed by atoms with van der Waals surface area (Å²) in [5, 5.41) is 8.96. The summed E-state index contributed by atoms with van der Waals surface area (Å²) in [6.07, 6.45) is 0. The standard InChI is InChI=1S/C22H29N3O2/c1-15(2)18-8-6-7-9-19(18)24-20(26)14-23-17-12-10-16(11-13-17)21(27)25-22(3,4)5/h6-13,15,23H,14H2,1-5H3,(H,24,26)(H,25,27). The lowest BCUT2D eigenvalue weighted by Gasteiger charge is -2.20. The Morgan fingerprint density at radius 1 is 0.963 bits per heavy atom. The van der Waals surface area contributed by atoms with E-state index in [-0.39, 0.29) is 23.9 Å². The summed E-state index contributed by atoms with van der Waals surface area (Å²) in [6, 6.07) is 14.9. The highest BCUT2D eigenvalue weighted by molar-refractivity contribution is 5.96. The third-order valence-corrected chi connectivity index (χ3v) is 3.95.